The minimum Gasteiger partial charge on any atom is -0.494 e. The number of rotatable bonds is 6. The Kier molecular flexibility index (Phi) is 5.18. The van der Waals surface area contributed by atoms with Crippen molar-refractivity contribution >= 4 is 30.9 Å². The van der Waals surface area contributed by atoms with Gasteiger partial charge in [-0.15, -0.1) is 0 Å². The van der Waals surface area contributed by atoms with Gasteiger partial charge in [0.15, 0.2) is 0 Å². The highest BCUT2D eigenvalue weighted by molar-refractivity contribution is 8.03. The number of hydrogen-bond acceptors (Lipinski definition) is 6. The van der Waals surface area contributed by atoms with Gasteiger partial charge in [-0.2, -0.15) is 0 Å². The summed E-state index contributed by atoms with van der Waals surface area (Å²) in [4.78, 5) is 4.03. The quantitative estimate of drug-likeness (QED) is 0.624. The summed E-state index contributed by atoms with van der Waals surface area (Å²) in [6.07, 6.45) is 2.39. The third-order valence-electron chi connectivity index (χ3n) is 3.98. The van der Waals surface area contributed by atoms with Crippen LogP contribution in [0.15, 0.2) is 65.7 Å². The van der Waals surface area contributed by atoms with Crippen molar-refractivity contribution in [2.75, 3.05) is 13.4 Å². The van der Waals surface area contributed by atoms with Crippen molar-refractivity contribution in [2.24, 2.45) is 0 Å². The van der Waals surface area contributed by atoms with E-state index in [2.05, 4.69) is 4.98 Å². The van der Waals surface area contributed by atoms with Gasteiger partial charge in [-0.3, -0.25) is 4.98 Å². The molecule has 2 aromatic carbocycles. The van der Waals surface area contributed by atoms with E-state index in [1.165, 1.54) is 25.4 Å². The van der Waals surface area contributed by atoms with Crippen LogP contribution < -0.4 is 4.74 Å². The molecule has 1 heterocycles. The number of benzene rings is 2. The maximum absolute atomic E-state index is 13.3. The van der Waals surface area contributed by atoms with E-state index in [4.69, 9.17) is 4.74 Å². The van der Waals surface area contributed by atoms with Crippen LogP contribution in [0.25, 0.3) is 10.9 Å². The summed E-state index contributed by atoms with van der Waals surface area (Å²) in [6, 6.07) is 14.5. The highest BCUT2D eigenvalue weighted by Gasteiger charge is 2.34. The molecule has 0 spiro atoms. The van der Waals surface area contributed by atoms with E-state index < -0.39 is 20.0 Å². The zero-order valence-electron chi connectivity index (χ0n) is 14.7. The average molecular weight is 406 g/mol. The van der Waals surface area contributed by atoms with Crippen molar-refractivity contribution in [2.45, 2.75) is 11.4 Å². The molecule has 0 unspecified atom stereocenters. The van der Waals surface area contributed by atoms with Crippen LogP contribution in [0.5, 0.6) is 5.75 Å². The topological polar surface area (TPSA) is 93.6 Å². The standard InChI is InChI=1S/C18H18N2O5S2/c1-25-16-10-11-17(15-9-6-12-19-18(15)16)27(23,24)20(26(2,21)22)13-14-7-4-3-5-8-14/h3-12H,13H2,1-2H3. The number of methoxy groups -OCH3 is 1. The monoisotopic (exact) mass is 406 g/mol. The molecule has 0 fully saturated rings. The number of pyridine rings is 1. The Morgan fingerprint density at radius 3 is 2.30 bits per heavy atom. The zero-order chi connectivity index (χ0) is 19.7. The van der Waals surface area contributed by atoms with Gasteiger partial charge in [0.1, 0.15) is 11.3 Å². The second kappa shape index (κ2) is 7.26. The van der Waals surface area contributed by atoms with Crippen molar-refractivity contribution in [1.82, 2.24) is 8.69 Å². The molecule has 9 heteroatoms. The molecule has 3 rings (SSSR count). The normalized spacial score (nSPS) is 12.4. The molecule has 27 heavy (non-hydrogen) atoms. The molecule has 0 saturated heterocycles. The summed E-state index contributed by atoms with van der Waals surface area (Å²) in [5.41, 5.74) is 0.900. The minimum atomic E-state index is -4.36. The van der Waals surface area contributed by atoms with E-state index in [9.17, 15) is 16.8 Å². The highest BCUT2D eigenvalue weighted by Crippen LogP contribution is 2.32. The molecule has 0 aliphatic rings. The van der Waals surface area contributed by atoms with Gasteiger partial charge in [0.25, 0.3) is 10.0 Å². The summed E-state index contributed by atoms with van der Waals surface area (Å²) in [5, 5.41) is 0.290. The molecule has 1 aromatic heterocycles. The maximum Gasteiger partial charge on any atom is 0.257 e. The van der Waals surface area contributed by atoms with Gasteiger partial charge in [0.2, 0.25) is 10.0 Å². The van der Waals surface area contributed by atoms with Gasteiger partial charge in [0.05, 0.1) is 24.8 Å². The molecule has 0 bridgehead atoms. The lowest BCUT2D eigenvalue weighted by atomic mass is 10.2. The lowest BCUT2D eigenvalue weighted by Gasteiger charge is -2.21. The van der Waals surface area contributed by atoms with Gasteiger partial charge in [-0.25, -0.2) is 16.8 Å². The Morgan fingerprint density at radius 1 is 0.963 bits per heavy atom. The first-order valence-corrected chi connectivity index (χ1v) is 11.2. The third kappa shape index (κ3) is 3.80. The highest BCUT2D eigenvalue weighted by atomic mass is 32.3. The van der Waals surface area contributed by atoms with Crippen molar-refractivity contribution < 1.29 is 21.6 Å². The number of fused-ring (bicyclic) bond motifs is 1. The molecule has 0 aliphatic carbocycles. The first kappa shape index (κ1) is 19.3. The van der Waals surface area contributed by atoms with E-state index in [-0.39, 0.29) is 11.4 Å². The summed E-state index contributed by atoms with van der Waals surface area (Å²) >= 11 is 0. The fourth-order valence-corrected chi connectivity index (χ4v) is 6.00. The van der Waals surface area contributed by atoms with E-state index in [1.807, 2.05) is 0 Å². The largest absolute Gasteiger partial charge is 0.494 e. The fourth-order valence-electron chi connectivity index (χ4n) is 2.73. The van der Waals surface area contributed by atoms with Crippen molar-refractivity contribution in [3.05, 3.63) is 66.4 Å². The number of ether oxygens (including phenoxy) is 1. The molecule has 0 amide bonds. The van der Waals surface area contributed by atoms with E-state index in [0.29, 0.717) is 25.9 Å². The van der Waals surface area contributed by atoms with Crippen LogP contribution in [0.2, 0.25) is 0 Å². The summed E-state index contributed by atoms with van der Waals surface area (Å²) in [6.45, 7) is -0.296. The Balaban J connectivity index is 2.20. The molecule has 142 valence electrons. The summed E-state index contributed by atoms with van der Waals surface area (Å²) in [7, 11) is -6.96. The van der Waals surface area contributed by atoms with E-state index >= 15 is 0 Å². The van der Waals surface area contributed by atoms with Crippen LogP contribution >= 0.6 is 0 Å². The van der Waals surface area contributed by atoms with Gasteiger partial charge in [-0.1, -0.05) is 34.0 Å². The number of hydrogen-bond donors (Lipinski definition) is 0. The van der Waals surface area contributed by atoms with Gasteiger partial charge in [-0.05, 0) is 29.8 Å². The Labute approximate surface area is 158 Å². The molecule has 0 atom stereocenters. The average Bonchev–Trinajstić information content (AvgIpc) is 2.65. The van der Waals surface area contributed by atoms with Gasteiger partial charge < -0.3 is 4.74 Å². The molecular formula is C18H18N2O5S2. The van der Waals surface area contributed by atoms with Crippen LogP contribution in [-0.2, 0) is 26.6 Å². The lowest BCUT2D eigenvalue weighted by Crippen LogP contribution is -2.35. The molecule has 0 N–H and O–H groups in total. The molecule has 7 nitrogen and oxygen atoms in total. The molecule has 0 aliphatic heterocycles. The Hall–Kier alpha value is -2.49. The second-order valence-corrected chi connectivity index (χ2v) is 9.82. The summed E-state index contributed by atoms with van der Waals surface area (Å²) in [5.74, 6) is 0.401. The van der Waals surface area contributed by atoms with Crippen LogP contribution in [0.4, 0.5) is 0 Å². The van der Waals surface area contributed by atoms with Crippen molar-refractivity contribution in [3.63, 3.8) is 0 Å². The molecular weight excluding hydrogens is 388 g/mol. The van der Waals surface area contributed by atoms with E-state index in [1.54, 1.807) is 42.5 Å². The fraction of sp³-hybridized carbons (Fsp3) is 0.167. The predicted octanol–water partition coefficient (Wildman–Crippen LogP) is 2.39. The number of aromatic nitrogens is 1. The Bertz CT molecular complexity index is 1180. The summed E-state index contributed by atoms with van der Waals surface area (Å²) < 4.78 is 56.9. The van der Waals surface area contributed by atoms with Crippen LogP contribution in [0, 0.1) is 0 Å². The maximum atomic E-state index is 13.3. The zero-order valence-corrected chi connectivity index (χ0v) is 16.4. The Morgan fingerprint density at radius 2 is 1.67 bits per heavy atom. The SMILES string of the molecule is COc1ccc(S(=O)(=O)N(Cc2ccccc2)S(C)(=O)=O)c2cccnc12. The molecule has 0 saturated carbocycles. The molecule has 3 aromatic rings. The minimum absolute atomic E-state index is 0.146. The van der Waals surface area contributed by atoms with Crippen LogP contribution in [-0.4, -0.2) is 38.9 Å². The second-order valence-electron chi connectivity index (χ2n) is 5.85. The van der Waals surface area contributed by atoms with Gasteiger partial charge in [0, 0.05) is 11.6 Å². The third-order valence-corrected chi connectivity index (χ3v) is 7.83. The molecule has 0 radical (unpaired) electrons. The number of nitrogens with zero attached hydrogens (tertiary/aromatic N) is 2. The lowest BCUT2D eigenvalue weighted by molar-refractivity contribution is 0.418. The van der Waals surface area contributed by atoms with Crippen LogP contribution in [0.3, 0.4) is 0 Å². The smallest absolute Gasteiger partial charge is 0.257 e. The van der Waals surface area contributed by atoms with E-state index in [0.717, 1.165) is 6.26 Å². The first-order chi connectivity index (χ1) is 12.7. The number of sulfonamides is 2. The first-order valence-electron chi connectivity index (χ1n) is 7.93. The van der Waals surface area contributed by atoms with Crippen molar-refractivity contribution in [3.8, 4) is 5.75 Å². The van der Waals surface area contributed by atoms with Gasteiger partial charge >= 0.3 is 0 Å². The predicted molar refractivity (Wildman–Crippen MR) is 102 cm³/mol. The van der Waals surface area contributed by atoms with Crippen molar-refractivity contribution in [1.29, 1.82) is 0 Å². The van der Waals surface area contributed by atoms with Crippen LogP contribution in [0.1, 0.15) is 5.56 Å².